The quantitative estimate of drug-likeness (QED) is 0.236. The summed E-state index contributed by atoms with van der Waals surface area (Å²) in [4.78, 5) is 29.0. The summed E-state index contributed by atoms with van der Waals surface area (Å²) in [5.74, 6) is -0.0500. The molecule has 1 N–H and O–H groups in total. The molecule has 1 aliphatic heterocycles. The number of aromatic nitrogens is 1. The monoisotopic (exact) mass is 560 g/mol. The average Bonchev–Trinajstić information content (AvgIpc) is 3.22. The molecule has 200 valence electrons. The highest BCUT2D eigenvalue weighted by Gasteiger charge is 2.36. The van der Waals surface area contributed by atoms with E-state index in [9.17, 15) is 19.2 Å². The zero-order valence-electron chi connectivity index (χ0n) is 22.0. The summed E-state index contributed by atoms with van der Waals surface area (Å²) < 4.78 is 15.5. The normalized spacial score (nSPS) is 15.1. The van der Waals surface area contributed by atoms with Crippen molar-refractivity contribution < 1.29 is 9.18 Å². The summed E-state index contributed by atoms with van der Waals surface area (Å²) in [5, 5.41) is 13.2. The van der Waals surface area contributed by atoms with E-state index in [0.29, 0.717) is 39.3 Å². The number of carbonyl (C=O) groups is 1. The highest BCUT2D eigenvalue weighted by atomic mass is 32.2. The molecular weight excluding hydrogens is 531 g/mol. The number of pyridine rings is 1. The summed E-state index contributed by atoms with van der Waals surface area (Å²) in [6.07, 6.45) is 3.31. The van der Waals surface area contributed by atoms with Crippen LogP contribution in [0.1, 0.15) is 60.5 Å². The molecule has 0 bridgehead atoms. The fraction of sp³-hybridized carbons (Fsp3) is 0.267. The molecule has 3 aromatic rings. The molecule has 1 amide bonds. The number of hydrogen-bond donors (Lipinski definition) is 1. The van der Waals surface area contributed by atoms with Crippen molar-refractivity contribution in [3.05, 3.63) is 103 Å². The first-order valence-electron chi connectivity index (χ1n) is 12.7. The number of amides is 1. The second kappa shape index (κ2) is 12.4. The van der Waals surface area contributed by atoms with Crippen LogP contribution < -0.4 is 10.9 Å². The average molecular weight is 561 g/mol. The molecule has 0 radical (unpaired) electrons. The molecular formula is C30H29FN4O2S2. The first kappa shape index (κ1) is 28.3. The lowest BCUT2D eigenvalue weighted by molar-refractivity contribution is -0.123. The van der Waals surface area contributed by atoms with Gasteiger partial charge in [0.2, 0.25) is 0 Å². The van der Waals surface area contributed by atoms with Gasteiger partial charge < -0.3 is 5.32 Å². The zero-order valence-corrected chi connectivity index (χ0v) is 23.7. The molecule has 4 rings (SSSR count). The van der Waals surface area contributed by atoms with E-state index in [1.165, 1.54) is 23.9 Å². The Bertz CT molecular complexity index is 1530. The van der Waals surface area contributed by atoms with Gasteiger partial charge in [0, 0.05) is 18.7 Å². The van der Waals surface area contributed by atoms with Crippen LogP contribution in [0.3, 0.4) is 0 Å². The largest absolute Gasteiger partial charge is 0.367 e. The van der Waals surface area contributed by atoms with Crippen molar-refractivity contribution in [2.75, 3.05) is 5.32 Å². The van der Waals surface area contributed by atoms with Crippen LogP contribution in [0.2, 0.25) is 0 Å². The number of thioether (sulfide) groups is 1. The fourth-order valence-corrected chi connectivity index (χ4v) is 5.90. The number of thiocarbonyl (C=S) groups is 1. The molecule has 39 heavy (non-hydrogen) atoms. The SMILES string of the molecule is CCCCn1c(NCc2ccc(F)cc2)c(/C=C2/SC(=S)N(C(C)c3ccccc3)C2=O)c(C)c(C#N)c1=O. The lowest BCUT2D eigenvalue weighted by Gasteiger charge is -2.23. The third kappa shape index (κ3) is 5.97. The van der Waals surface area contributed by atoms with Gasteiger partial charge in [0.25, 0.3) is 11.5 Å². The van der Waals surface area contributed by atoms with Gasteiger partial charge in [0.15, 0.2) is 0 Å². The summed E-state index contributed by atoms with van der Waals surface area (Å²) in [7, 11) is 0. The van der Waals surface area contributed by atoms with E-state index in [1.54, 1.807) is 34.6 Å². The predicted molar refractivity (Wildman–Crippen MR) is 159 cm³/mol. The Balaban J connectivity index is 1.80. The third-order valence-corrected chi connectivity index (χ3v) is 8.08. The van der Waals surface area contributed by atoms with Gasteiger partial charge in [0.1, 0.15) is 27.6 Å². The van der Waals surface area contributed by atoms with Crippen LogP contribution in [0.4, 0.5) is 10.2 Å². The zero-order chi connectivity index (χ0) is 28.1. The van der Waals surface area contributed by atoms with E-state index >= 15 is 0 Å². The van der Waals surface area contributed by atoms with E-state index < -0.39 is 0 Å². The van der Waals surface area contributed by atoms with E-state index in [4.69, 9.17) is 12.2 Å². The second-order valence-electron chi connectivity index (χ2n) is 9.30. The van der Waals surface area contributed by atoms with Gasteiger partial charge in [-0.15, -0.1) is 0 Å². The number of nitriles is 1. The maximum absolute atomic E-state index is 13.6. The molecule has 1 aromatic heterocycles. The van der Waals surface area contributed by atoms with Gasteiger partial charge in [-0.3, -0.25) is 19.1 Å². The Labute approximate surface area is 237 Å². The molecule has 6 nitrogen and oxygen atoms in total. The van der Waals surface area contributed by atoms with Gasteiger partial charge in [-0.25, -0.2) is 4.39 Å². The fourth-order valence-electron chi connectivity index (χ4n) is 4.50. The van der Waals surface area contributed by atoms with Crippen molar-refractivity contribution in [1.82, 2.24) is 9.47 Å². The molecule has 0 saturated carbocycles. The summed E-state index contributed by atoms with van der Waals surface area (Å²) in [6, 6.07) is 17.6. The second-order valence-corrected chi connectivity index (χ2v) is 11.0. The van der Waals surface area contributed by atoms with Crippen LogP contribution in [0.25, 0.3) is 6.08 Å². The molecule has 9 heteroatoms. The maximum Gasteiger partial charge on any atom is 0.270 e. The van der Waals surface area contributed by atoms with Crippen molar-refractivity contribution in [2.24, 2.45) is 0 Å². The predicted octanol–water partition coefficient (Wildman–Crippen LogP) is 6.54. The molecule has 1 atom stereocenters. The number of unbranched alkanes of at least 4 members (excludes halogenated alkanes) is 1. The van der Waals surface area contributed by atoms with E-state index in [1.807, 2.05) is 44.2 Å². The molecule has 0 spiro atoms. The Kier molecular flexibility index (Phi) is 9.00. The van der Waals surface area contributed by atoms with Crippen LogP contribution in [0.5, 0.6) is 0 Å². The molecule has 1 fully saturated rings. The van der Waals surface area contributed by atoms with E-state index in [2.05, 4.69) is 11.4 Å². The summed E-state index contributed by atoms with van der Waals surface area (Å²) in [6.45, 7) is 6.40. The molecule has 0 aliphatic carbocycles. The summed E-state index contributed by atoms with van der Waals surface area (Å²) >= 11 is 6.81. The first-order chi connectivity index (χ1) is 18.8. The molecule has 1 aliphatic rings. The lowest BCUT2D eigenvalue weighted by Crippen LogP contribution is -2.31. The van der Waals surface area contributed by atoms with Crippen molar-refractivity contribution in [2.45, 2.75) is 52.7 Å². The van der Waals surface area contributed by atoms with E-state index in [0.717, 1.165) is 24.0 Å². The van der Waals surface area contributed by atoms with Gasteiger partial charge in [-0.05, 0) is 55.2 Å². The Morgan fingerprint density at radius 2 is 1.85 bits per heavy atom. The Morgan fingerprint density at radius 3 is 2.49 bits per heavy atom. The molecule has 2 aromatic carbocycles. The third-order valence-electron chi connectivity index (χ3n) is 6.75. The topological polar surface area (TPSA) is 78.1 Å². The van der Waals surface area contributed by atoms with Gasteiger partial charge in [0.05, 0.1) is 10.9 Å². The Hall–Kier alpha value is -3.74. The highest BCUT2D eigenvalue weighted by Crippen LogP contribution is 2.39. The highest BCUT2D eigenvalue weighted by molar-refractivity contribution is 8.26. The number of nitrogens with zero attached hydrogens (tertiary/aromatic N) is 3. The van der Waals surface area contributed by atoms with Crippen molar-refractivity contribution in [3.63, 3.8) is 0 Å². The minimum Gasteiger partial charge on any atom is -0.367 e. The number of hydrogen-bond acceptors (Lipinski definition) is 6. The lowest BCUT2D eigenvalue weighted by atomic mass is 10.0. The molecule has 1 saturated heterocycles. The number of carbonyl (C=O) groups excluding carboxylic acids is 1. The van der Waals surface area contributed by atoms with E-state index in [-0.39, 0.29) is 28.9 Å². The number of benzene rings is 2. The van der Waals surface area contributed by atoms with Gasteiger partial charge in [-0.1, -0.05) is 79.8 Å². The minimum absolute atomic E-state index is 0.0396. The van der Waals surface area contributed by atoms with Crippen LogP contribution >= 0.6 is 24.0 Å². The van der Waals surface area contributed by atoms with Crippen LogP contribution in [0.15, 0.2) is 64.3 Å². The van der Waals surface area contributed by atoms with Crippen LogP contribution in [0, 0.1) is 24.1 Å². The molecule has 2 heterocycles. The molecule has 1 unspecified atom stereocenters. The number of halogens is 1. The van der Waals surface area contributed by atoms with Crippen molar-refractivity contribution in [3.8, 4) is 6.07 Å². The standard InChI is InChI=1S/C30H29FN4O2S2/c1-4-5-15-34-27(33-18-21-11-13-23(31)14-12-21)24(19(2)25(17-32)28(34)36)16-26-29(37)35(30(38)39-26)20(3)22-9-7-6-8-10-22/h6-14,16,20,33H,4-5,15,18H2,1-3H3/b26-16+. The minimum atomic E-state index is -0.382. The Morgan fingerprint density at radius 1 is 1.15 bits per heavy atom. The number of rotatable bonds is 9. The smallest absolute Gasteiger partial charge is 0.270 e. The van der Waals surface area contributed by atoms with Crippen LogP contribution in [-0.4, -0.2) is 19.7 Å². The van der Waals surface area contributed by atoms with Gasteiger partial charge >= 0.3 is 0 Å². The first-order valence-corrected chi connectivity index (χ1v) is 14.0. The van der Waals surface area contributed by atoms with Crippen molar-refractivity contribution >= 4 is 46.1 Å². The maximum atomic E-state index is 13.6. The van der Waals surface area contributed by atoms with Gasteiger partial charge in [-0.2, -0.15) is 5.26 Å². The summed E-state index contributed by atoms with van der Waals surface area (Å²) in [5.41, 5.74) is 2.51. The van der Waals surface area contributed by atoms with Crippen molar-refractivity contribution in [1.29, 1.82) is 5.26 Å². The number of nitrogens with one attached hydrogen (secondary N) is 1. The van der Waals surface area contributed by atoms with Crippen LogP contribution in [-0.2, 0) is 17.9 Å². The number of anilines is 1.